The van der Waals surface area contributed by atoms with Crippen molar-refractivity contribution in [1.82, 2.24) is 4.98 Å². The fourth-order valence-electron chi connectivity index (χ4n) is 3.01. The van der Waals surface area contributed by atoms with E-state index in [0.717, 1.165) is 34.0 Å². The highest BCUT2D eigenvalue weighted by Gasteiger charge is 2.26. The van der Waals surface area contributed by atoms with E-state index < -0.39 is 6.10 Å². The highest BCUT2D eigenvalue weighted by molar-refractivity contribution is 7.15. The smallest absolute Gasteiger partial charge is 0.165 e. The van der Waals surface area contributed by atoms with Crippen LogP contribution in [-0.2, 0) is 0 Å². The van der Waals surface area contributed by atoms with Crippen LogP contribution in [-0.4, -0.2) is 17.2 Å². The number of ether oxygens (including phenoxy) is 1. The molecule has 1 aromatic heterocycles. The maximum absolute atomic E-state index is 13.6. The minimum atomic E-state index is -0.582. The Bertz CT molecular complexity index is 663. The molecule has 1 aliphatic carbocycles. The lowest BCUT2D eigenvalue weighted by Gasteiger charge is -2.10. The van der Waals surface area contributed by atoms with Crippen molar-refractivity contribution in [2.24, 2.45) is 0 Å². The first-order valence-corrected chi connectivity index (χ1v) is 8.44. The van der Waals surface area contributed by atoms with Gasteiger partial charge in [0.25, 0.3) is 0 Å². The fourth-order valence-corrected chi connectivity index (χ4v) is 4.10. The average molecular weight is 321 g/mol. The molecule has 3 rings (SSSR count). The highest BCUT2D eigenvalue weighted by atomic mass is 32.1. The van der Waals surface area contributed by atoms with Crippen molar-refractivity contribution >= 4 is 11.3 Å². The fraction of sp³-hybridized carbons (Fsp3) is 0.471. The number of aromatic nitrogens is 1. The second-order valence-corrected chi connectivity index (χ2v) is 6.80. The molecule has 0 aliphatic heterocycles. The van der Waals surface area contributed by atoms with Gasteiger partial charge in [-0.1, -0.05) is 18.9 Å². The largest absolute Gasteiger partial charge is 0.494 e. The van der Waals surface area contributed by atoms with E-state index in [1.54, 1.807) is 19.1 Å². The quantitative estimate of drug-likeness (QED) is 0.890. The van der Waals surface area contributed by atoms with Gasteiger partial charge in [0.05, 0.1) is 17.7 Å². The van der Waals surface area contributed by atoms with Crippen molar-refractivity contribution in [3.8, 4) is 16.2 Å². The summed E-state index contributed by atoms with van der Waals surface area (Å²) in [7, 11) is 1.47. The van der Waals surface area contributed by atoms with Crippen LogP contribution in [0.2, 0.25) is 0 Å². The Morgan fingerprint density at radius 2 is 2.09 bits per heavy atom. The molecule has 1 aromatic carbocycles. The SMILES string of the molecule is COc1cc(-c2sc([C@H](C)O)nc2C2CCCC2)ccc1F. The van der Waals surface area contributed by atoms with Gasteiger partial charge in [0.1, 0.15) is 11.1 Å². The summed E-state index contributed by atoms with van der Waals surface area (Å²) >= 11 is 1.49. The van der Waals surface area contributed by atoms with Gasteiger partial charge < -0.3 is 9.84 Å². The topological polar surface area (TPSA) is 42.4 Å². The molecule has 1 fully saturated rings. The summed E-state index contributed by atoms with van der Waals surface area (Å²) < 4.78 is 18.7. The molecule has 2 aromatic rings. The van der Waals surface area contributed by atoms with Gasteiger partial charge in [-0.15, -0.1) is 11.3 Å². The molecule has 1 N–H and O–H groups in total. The minimum absolute atomic E-state index is 0.238. The standard InChI is InChI=1S/C17H20FNO2S/c1-10(20)17-19-15(11-5-3-4-6-11)16(22-17)12-7-8-13(18)14(9-12)21-2/h7-11,20H,3-6H2,1-2H3/t10-/m0/s1. The molecule has 5 heteroatoms. The molecule has 0 bridgehead atoms. The maximum atomic E-state index is 13.6. The molecule has 3 nitrogen and oxygen atoms in total. The molecule has 1 saturated carbocycles. The molecular formula is C17H20FNO2S. The van der Waals surface area contributed by atoms with Gasteiger partial charge in [-0.2, -0.15) is 0 Å². The van der Waals surface area contributed by atoms with Crippen LogP contribution in [0, 0.1) is 5.82 Å². The van der Waals surface area contributed by atoms with Crippen molar-refractivity contribution in [2.45, 2.75) is 44.6 Å². The number of aliphatic hydroxyl groups excluding tert-OH is 1. The van der Waals surface area contributed by atoms with E-state index in [4.69, 9.17) is 4.74 Å². The summed E-state index contributed by atoms with van der Waals surface area (Å²) in [5.74, 6) is 0.311. The summed E-state index contributed by atoms with van der Waals surface area (Å²) in [6, 6.07) is 4.90. The van der Waals surface area contributed by atoms with Crippen LogP contribution in [0.1, 0.15) is 55.3 Å². The van der Waals surface area contributed by atoms with Crippen LogP contribution >= 0.6 is 11.3 Å². The number of nitrogens with zero attached hydrogens (tertiary/aromatic N) is 1. The summed E-state index contributed by atoms with van der Waals surface area (Å²) in [4.78, 5) is 5.71. The van der Waals surface area contributed by atoms with Gasteiger partial charge in [-0.3, -0.25) is 0 Å². The predicted molar refractivity (Wildman–Crippen MR) is 85.9 cm³/mol. The zero-order valence-electron chi connectivity index (χ0n) is 12.8. The molecule has 22 heavy (non-hydrogen) atoms. The summed E-state index contributed by atoms with van der Waals surface area (Å²) in [6.07, 6.45) is 4.13. The molecular weight excluding hydrogens is 301 g/mol. The second-order valence-electron chi connectivity index (χ2n) is 5.77. The number of aliphatic hydroxyl groups is 1. The monoisotopic (exact) mass is 321 g/mol. The Hall–Kier alpha value is -1.46. The highest BCUT2D eigenvalue weighted by Crippen LogP contribution is 2.43. The first-order valence-electron chi connectivity index (χ1n) is 7.62. The lowest BCUT2D eigenvalue weighted by Crippen LogP contribution is -1.97. The Balaban J connectivity index is 2.08. The molecule has 0 saturated heterocycles. The lowest BCUT2D eigenvalue weighted by atomic mass is 10.00. The van der Waals surface area contributed by atoms with Crippen LogP contribution in [0.25, 0.3) is 10.4 Å². The normalized spacial score (nSPS) is 16.9. The number of hydrogen-bond acceptors (Lipinski definition) is 4. The van der Waals surface area contributed by atoms with Gasteiger partial charge in [0, 0.05) is 5.92 Å². The summed E-state index contributed by atoms with van der Waals surface area (Å²) in [5.41, 5.74) is 1.96. The van der Waals surface area contributed by atoms with Crippen LogP contribution in [0.3, 0.4) is 0 Å². The van der Waals surface area contributed by atoms with Crippen molar-refractivity contribution in [2.75, 3.05) is 7.11 Å². The molecule has 118 valence electrons. The summed E-state index contributed by atoms with van der Waals surface area (Å²) in [5, 5.41) is 10.6. The number of rotatable bonds is 4. The van der Waals surface area contributed by atoms with E-state index in [0.29, 0.717) is 5.92 Å². The molecule has 0 amide bonds. The van der Waals surface area contributed by atoms with Gasteiger partial charge in [-0.25, -0.2) is 9.37 Å². The number of benzene rings is 1. The van der Waals surface area contributed by atoms with E-state index >= 15 is 0 Å². The van der Waals surface area contributed by atoms with Gasteiger partial charge in [0.2, 0.25) is 0 Å². The van der Waals surface area contributed by atoms with Crippen molar-refractivity contribution in [3.05, 3.63) is 34.7 Å². The number of methoxy groups -OCH3 is 1. The average Bonchev–Trinajstić information content (AvgIpc) is 3.16. The van der Waals surface area contributed by atoms with Crippen molar-refractivity contribution in [3.63, 3.8) is 0 Å². The Morgan fingerprint density at radius 3 is 2.73 bits per heavy atom. The zero-order valence-corrected chi connectivity index (χ0v) is 13.6. The van der Waals surface area contributed by atoms with Gasteiger partial charge in [0.15, 0.2) is 11.6 Å². The van der Waals surface area contributed by atoms with Crippen LogP contribution in [0.15, 0.2) is 18.2 Å². The third-order valence-corrected chi connectivity index (χ3v) is 5.47. The van der Waals surface area contributed by atoms with Crippen molar-refractivity contribution < 1.29 is 14.2 Å². The zero-order chi connectivity index (χ0) is 15.7. The predicted octanol–water partition coefficient (Wildman–Crippen LogP) is 4.67. The number of hydrogen-bond donors (Lipinski definition) is 1. The van der Waals surface area contributed by atoms with E-state index in [2.05, 4.69) is 4.98 Å². The van der Waals surface area contributed by atoms with E-state index in [1.807, 2.05) is 0 Å². The Kier molecular flexibility index (Phi) is 4.45. The first-order chi connectivity index (χ1) is 10.6. The van der Waals surface area contributed by atoms with E-state index in [-0.39, 0.29) is 11.6 Å². The molecule has 0 spiro atoms. The third kappa shape index (κ3) is 2.88. The maximum Gasteiger partial charge on any atom is 0.165 e. The van der Waals surface area contributed by atoms with E-state index in [9.17, 15) is 9.50 Å². The first kappa shape index (κ1) is 15.4. The van der Waals surface area contributed by atoms with E-state index in [1.165, 1.54) is 37.4 Å². The lowest BCUT2D eigenvalue weighted by molar-refractivity contribution is 0.198. The summed E-state index contributed by atoms with van der Waals surface area (Å²) in [6.45, 7) is 1.73. The molecule has 1 aliphatic rings. The Morgan fingerprint density at radius 1 is 1.36 bits per heavy atom. The Labute approximate surface area is 133 Å². The van der Waals surface area contributed by atoms with Crippen molar-refractivity contribution in [1.29, 1.82) is 0 Å². The second kappa shape index (κ2) is 6.34. The third-order valence-electron chi connectivity index (χ3n) is 4.18. The van der Waals surface area contributed by atoms with Gasteiger partial charge in [-0.05, 0) is 37.5 Å². The van der Waals surface area contributed by atoms with Crippen LogP contribution in [0.5, 0.6) is 5.75 Å². The van der Waals surface area contributed by atoms with Crippen LogP contribution < -0.4 is 4.74 Å². The minimum Gasteiger partial charge on any atom is -0.494 e. The van der Waals surface area contributed by atoms with Crippen LogP contribution in [0.4, 0.5) is 4.39 Å². The molecule has 1 atom stereocenters. The molecule has 0 radical (unpaired) electrons. The number of halogens is 1. The molecule has 0 unspecified atom stereocenters. The van der Waals surface area contributed by atoms with Gasteiger partial charge >= 0.3 is 0 Å². The number of thiazole rings is 1. The molecule has 1 heterocycles.